The average Bonchev–Trinajstić information content (AvgIpc) is 2.20. The van der Waals surface area contributed by atoms with E-state index >= 15 is 0 Å². The summed E-state index contributed by atoms with van der Waals surface area (Å²) in [5.74, 6) is 0.0214. The van der Waals surface area contributed by atoms with Gasteiger partial charge in [-0.2, -0.15) is 0 Å². The van der Waals surface area contributed by atoms with E-state index in [4.69, 9.17) is 23.2 Å². The van der Waals surface area contributed by atoms with Crippen LogP contribution in [0.1, 0.15) is 25.8 Å². The van der Waals surface area contributed by atoms with Gasteiger partial charge in [-0.15, -0.1) is 0 Å². The molecule has 0 amide bonds. The summed E-state index contributed by atoms with van der Waals surface area (Å²) in [6.07, 6.45) is 2.55. The van der Waals surface area contributed by atoms with Crippen LogP contribution in [0.25, 0.3) is 0 Å². The Labute approximate surface area is 99.6 Å². The van der Waals surface area contributed by atoms with E-state index in [2.05, 4.69) is 4.99 Å². The van der Waals surface area contributed by atoms with Crippen molar-refractivity contribution in [1.29, 1.82) is 0 Å². The van der Waals surface area contributed by atoms with E-state index in [1.54, 1.807) is 12.3 Å². The molecule has 0 aromatic heterocycles. The van der Waals surface area contributed by atoms with E-state index in [-0.39, 0.29) is 16.8 Å². The zero-order valence-electron chi connectivity index (χ0n) is 8.67. The molecule has 4 heteroatoms. The van der Waals surface area contributed by atoms with Crippen molar-refractivity contribution in [3.05, 3.63) is 27.7 Å². The number of hydrogen-bond acceptors (Lipinski definition) is 2. The first kappa shape index (κ1) is 12.3. The van der Waals surface area contributed by atoms with Gasteiger partial charge in [0.05, 0.1) is 5.02 Å². The van der Waals surface area contributed by atoms with Crippen molar-refractivity contribution >= 4 is 29.4 Å². The second-order valence-corrected chi connectivity index (χ2v) is 4.20. The van der Waals surface area contributed by atoms with E-state index in [1.165, 1.54) is 6.07 Å². The molecule has 1 N–H and O–H groups in total. The summed E-state index contributed by atoms with van der Waals surface area (Å²) >= 11 is 11.6. The normalized spacial score (nSPS) is 13.3. The topological polar surface area (TPSA) is 32.6 Å². The molecule has 82 valence electrons. The molecule has 0 aliphatic heterocycles. The first-order valence-electron chi connectivity index (χ1n) is 4.75. The number of benzene rings is 1. The van der Waals surface area contributed by atoms with Crippen LogP contribution in [-0.2, 0) is 0 Å². The Hall–Kier alpha value is -0.730. The van der Waals surface area contributed by atoms with Gasteiger partial charge in [-0.25, -0.2) is 0 Å². The van der Waals surface area contributed by atoms with Gasteiger partial charge in [-0.05, 0) is 25.5 Å². The predicted molar refractivity (Wildman–Crippen MR) is 65.5 cm³/mol. The van der Waals surface area contributed by atoms with E-state index in [0.29, 0.717) is 10.6 Å². The van der Waals surface area contributed by atoms with Crippen LogP contribution in [0.3, 0.4) is 0 Å². The van der Waals surface area contributed by atoms with E-state index < -0.39 is 0 Å². The molecule has 0 bridgehead atoms. The number of phenols is 1. The van der Waals surface area contributed by atoms with Crippen molar-refractivity contribution in [2.45, 2.75) is 26.3 Å². The van der Waals surface area contributed by atoms with Crippen LogP contribution < -0.4 is 0 Å². The molecule has 1 rings (SSSR count). The predicted octanol–water partition coefficient (Wildman–Crippen LogP) is 3.92. The molecule has 0 aliphatic carbocycles. The van der Waals surface area contributed by atoms with Crippen LogP contribution in [0, 0.1) is 0 Å². The van der Waals surface area contributed by atoms with Crippen LogP contribution >= 0.6 is 23.2 Å². The second kappa shape index (κ2) is 5.38. The Balaban J connectivity index is 2.99. The van der Waals surface area contributed by atoms with Crippen LogP contribution in [0.4, 0.5) is 0 Å². The van der Waals surface area contributed by atoms with Crippen molar-refractivity contribution < 1.29 is 5.11 Å². The molecule has 1 atom stereocenters. The molecular weight excluding hydrogens is 233 g/mol. The minimum Gasteiger partial charge on any atom is -0.506 e. The fraction of sp³-hybridized carbons (Fsp3) is 0.364. The molecule has 0 heterocycles. The summed E-state index contributed by atoms with van der Waals surface area (Å²) in [6.45, 7) is 4.05. The Morgan fingerprint density at radius 1 is 1.47 bits per heavy atom. The third kappa shape index (κ3) is 3.40. The summed E-state index contributed by atoms with van der Waals surface area (Å²) in [4.78, 5) is 4.25. The SMILES string of the molecule is CC[C@H](C)N=Cc1cc(Cl)cc(Cl)c1O. The zero-order valence-corrected chi connectivity index (χ0v) is 10.2. The first-order valence-corrected chi connectivity index (χ1v) is 5.51. The highest BCUT2D eigenvalue weighted by Crippen LogP contribution is 2.30. The fourth-order valence-electron chi connectivity index (χ4n) is 0.997. The fourth-order valence-corrected chi connectivity index (χ4v) is 1.51. The molecule has 1 aromatic carbocycles. The average molecular weight is 246 g/mol. The number of aromatic hydroxyl groups is 1. The van der Waals surface area contributed by atoms with Crippen molar-refractivity contribution in [2.75, 3.05) is 0 Å². The second-order valence-electron chi connectivity index (χ2n) is 3.36. The minimum atomic E-state index is 0.0214. The van der Waals surface area contributed by atoms with Gasteiger partial charge in [0, 0.05) is 22.8 Å². The number of halogens is 2. The quantitative estimate of drug-likeness (QED) is 0.805. The number of nitrogens with zero attached hydrogens (tertiary/aromatic N) is 1. The van der Waals surface area contributed by atoms with Crippen LogP contribution in [-0.4, -0.2) is 17.4 Å². The molecule has 15 heavy (non-hydrogen) atoms. The summed E-state index contributed by atoms with van der Waals surface area (Å²) in [7, 11) is 0. The summed E-state index contributed by atoms with van der Waals surface area (Å²) in [5.41, 5.74) is 0.549. The summed E-state index contributed by atoms with van der Waals surface area (Å²) in [6, 6.07) is 3.36. The molecule has 0 saturated heterocycles. The van der Waals surface area contributed by atoms with Crippen LogP contribution in [0.15, 0.2) is 17.1 Å². The molecule has 0 radical (unpaired) electrons. The van der Waals surface area contributed by atoms with Gasteiger partial charge in [0.1, 0.15) is 5.75 Å². The molecular formula is C11H13Cl2NO. The lowest BCUT2D eigenvalue weighted by Gasteiger charge is -2.04. The van der Waals surface area contributed by atoms with E-state index in [9.17, 15) is 5.11 Å². The Morgan fingerprint density at radius 3 is 2.73 bits per heavy atom. The lowest BCUT2D eigenvalue weighted by molar-refractivity contribution is 0.474. The van der Waals surface area contributed by atoms with Gasteiger partial charge < -0.3 is 5.11 Å². The Morgan fingerprint density at radius 2 is 2.13 bits per heavy atom. The van der Waals surface area contributed by atoms with Gasteiger partial charge in [0.15, 0.2) is 0 Å². The highest BCUT2D eigenvalue weighted by molar-refractivity contribution is 6.36. The number of hydrogen-bond donors (Lipinski definition) is 1. The van der Waals surface area contributed by atoms with Gasteiger partial charge in [0.25, 0.3) is 0 Å². The number of rotatable bonds is 3. The third-order valence-electron chi connectivity index (χ3n) is 2.12. The molecule has 0 unspecified atom stereocenters. The molecule has 0 saturated carbocycles. The van der Waals surface area contributed by atoms with Gasteiger partial charge in [-0.1, -0.05) is 30.1 Å². The molecule has 0 aliphatic rings. The monoisotopic (exact) mass is 245 g/mol. The molecule has 1 aromatic rings. The lowest BCUT2D eigenvalue weighted by Crippen LogP contribution is -1.95. The van der Waals surface area contributed by atoms with Crippen molar-refractivity contribution in [3.63, 3.8) is 0 Å². The molecule has 0 fully saturated rings. The summed E-state index contributed by atoms with van der Waals surface area (Å²) < 4.78 is 0. The van der Waals surface area contributed by atoms with E-state index in [1.807, 2.05) is 13.8 Å². The molecule has 2 nitrogen and oxygen atoms in total. The van der Waals surface area contributed by atoms with Crippen molar-refractivity contribution in [2.24, 2.45) is 4.99 Å². The minimum absolute atomic E-state index is 0.0214. The lowest BCUT2D eigenvalue weighted by atomic mass is 10.2. The maximum absolute atomic E-state index is 9.63. The Bertz CT molecular complexity index is 377. The van der Waals surface area contributed by atoms with Crippen LogP contribution in [0.5, 0.6) is 5.75 Å². The van der Waals surface area contributed by atoms with E-state index in [0.717, 1.165) is 6.42 Å². The first-order chi connectivity index (χ1) is 7.04. The number of phenolic OH excluding ortho intramolecular Hbond substituents is 1. The van der Waals surface area contributed by atoms with Crippen molar-refractivity contribution in [1.82, 2.24) is 0 Å². The largest absolute Gasteiger partial charge is 0.506 e. The smallest absolute Gasteiger partial charge is 0.143 e. The molecule has 0 spiro atoms. The van der Waals surface area contributed by atoms with Crippen molar-refractivity contribution in [3.8, 4) is 5.75 Å². The maximum Gasteiger partial charge on any atom is 0.143 e. The number of aliphatic imine (C=N–C) groups is 1. The van der Waals surface area contributed by atoms with Gasteiger partial charge in [-0.3, -0.25) is 4.99 Å². The van der Waals surface area contributed by atoms with Gasteiger partial charge in [0.2, 0.25) is 0 Å². The highest BCUT2D eigenvalue weighted by atomic mass is 35.5. The van der Waals surface area contributed by atoms with Crippen LogP contribution in [0.2, 0.25) is 10.0 Å². The van der Waals surface area contributed by atoms with Gasteiger partial charge >= 0.3 is 0 Å². The Kier molecular flexibility index (Phi) is 4.43. The summed E-state index contributed by atoms with van der Waals surface area (Å²) in [5, 5.41) is 10.4. The highest BCUT2D eigenvalue weighted by Gasteiger charge is 2.05. The third-order valence-corrected chi connectivity index (χ3v) is 2.62. The standard InChI is InChI=1S/C11H13Cl2NO/c1-3-7(2)14-6-8-4-9(12)5-10(13)11(8)15/h4-7,15H,3H2,1-2H3/t7-/m0/s1. The zero-order chi connectivity index (χ0) is 11.4. The maximum atomic E-state index is 9.63.